The van der Waals surface area contributed by atoms with E-state index in [9.17, 15) is 13.2 Å². The number of benzene rings is 1. The molecule has 1 aliphatic heterocycles. The van der Waals surface area contributed by atoms with Crippen LogP contribution in [0.1, 0.15) is 4.88 Å². The summed E-state index contributed by atoms with van der Waals surface area (Å²) in [6.07, 6.45) is -3.46. The number of tetrazole rings is 1. The summed E-state index contributed by atoms with van der Waals surface area (Å²) in [4.78, 5) is 7.11. The fourth-order valence-electron chi connectivity index (χ4n) is 2.76. The van der Waals surface area contributed by atoms with E-state index in [0.29, 0.717) is 48.6 Å². The zero-order valence-corrected chi connectivity index (χ0v) is 14.3. The normalized spacial score (nSPS) is 15.5. The van der Waals surface area contributed by atoms with Crippen LogP contribution in [0.2, 0.25) is 0 Å². The summed E-state index contributed by atoms with van der Waals surface area (Å²) in [6.45, 7) is 2.28. The largest absolute Gasteiger partial charge is 0.427 e. The van der Waals surface area contributed by atoms with Crippen LogP contribution in [-0.4, -0.2) is 51.4 Å². The summed E-state index contributed by atoms with van der Waals surface area (Å²) in [5.74, 6) is 0.617. The van der Waals surface area contributed by atoms with E-state index >= 15 is 0 Å². The Morgan fingerprint density at radius 3 is 2.31 bits per heavy atom. The van der Waals surface area contributed by atoms with Gasteiger partial charge in [0.2, 0.25) is 5.95 Å². The second-order valence-electron chi connectivity index (χ2n) is 5.71. The number of aromatic nitrogens is 5. The molecular weight excluding hydrogens is 367 g/mol. The van der Waals surface area contributed by atoms with Gasteiger partial charge in [-0.3, -0.25) is 0 Å². The summed E-state index contributed by atoms with van der Waals surface area (Å²) < 4.78 is 39.9. The van der Waals surface area contributed by atoms with Crippen molar-refractivity contribution in [3.8, 4) is 5.69 Å². The first-order valence-corrected chi connectivity index (χ1v) is 8.71. The van der Waals surface area contributed by atoms with E-state index in [1.807, 2.05) is 40.1 Å². The third kappa shape index (κ3) is 3.21. The van der Waals surface area contributed by atoms with Crippen LogP contribution < -0.4 is 9.80 Å². The fraction of sp³-hybridized carbons (Fsp3) is 0.333. The van der Waals surface area contributed by atoms with Crippen LogP contribution in [0.3, 0.4) is 0 Å². The quantitative estimate of drug-likeness (QED) is 0.695. The van der Waals surface area contributed by atoms with Gasteiger partial charge in [0.1, 0.15) is 4.88 Å². The molecule has 2 aromatic heterocycles. The fourth-order valence-corrected chi connectivity index (χ4v) is 3.59. The Kier molecular flexibility index (Phi) is 4.23. The van der Waals surface area contributed by atoms with Gasteiger partial charge < -0.3 is 9.80 Å². The van der Waals surface area contributed by atoms with Crippen molar-refractivity contribution in [2.75, 3.05) is 36.0 Å². The highest BCUT2D eigenvalue weighted by Gasteiger charge is 2.34. The van der Waals surface area contributed by atoms with Gasteiger partial charge in [-0.05, 0) is 22.6 Å². The Morgan fingerprint density at radius 2 is 1.65 bits per heavy atom. The molecule has 3 heterocycles. The number of hydrogen-bond acceptors (Lipinski definition) is 7. The van der Waals surface area contributed by atoms with Crippen molar-refractivity contribution in [2.24, 2.45) is 0 Å². The van der Waals surface area contributed by atoms with E-state index in [2.05, 4.69) is 20.5 Å². The maximum atomic E-state index is 12.7. The summed E-state index contributed by atoms with van der Waals surface area (Å²) in [5.41, 5.74) is 0.852. The van der Waals surface area contributed by atoms with Crippen LogP contribution in [0, 0.1) is 0 Å². The van der Waals surface area contributed by atoms with Gasteiger partial charge in [-0.1, -0.05) is 34.6 Å². The Hall–Kier alpha value is -2.69. The maximum Gasteiger partial charge on any atom is 0.427 e. The highest BCUT2D eigenvalue weighted by Crippen LogP contribution is 2.36. The molecule has 11 heteroatoms. The summed E-state index contributed by atoms with van der Waals surface area (Å²) in [5, 5.41) is 12.3. The molecule has 136 valence electrons. The number of rotatable bonds is 3. The van der Waals surface area contributed by atoms with E-state index in [-0.39, 0.29) is 0 Å². The van der Waals surface area contributed by atoms with Gasteiger partial charge in [0.05, 0.1) is 11.9 Å². The third-order valence-electron chi connectivity index (χ3n) is 4.06. The second kappa shape index (κ2) is 6.56. The minimum Gasteiger partial charge on any atom is -0.345 e. The molecule has 4 rings (SSSR count). The van der Waals surface area contributed by atoms with Gasteiger partial charge in [-0.25, -0.2) is 4.98 Å². The van der Waals surface area contributed by atoms with Crippen LogP contribution in [0.4, 0.5) is 24.3 Å². The van der Waals surface area contributed by atoms with Gasteiger partial charge in [0.25, 0.3) is 0 Å². The number of alkyl halides is 3. The summed E-state index contributed by atoms with van der Waals surface area (Å²) >= 11 is 0.671. The van der Waals surface area contributed by atoms with Crippen molar-refractivity contribution in [3.05, 3.63) is 41.4 Å². The zero-order chi connectivity index (χ0) is 18.1. The lowest BCUT2D eigenvalue weighted by Gasteiger charge is -2.34. The first-order valence-electron chi connectivity index (χ1n) is 7.89. The number of hydrogen-bond donors (Lipinski definition) is 0. The zero-order valence-electron chi connectivity index (χ0n) is 13.5. The number of halogens is 3. The lowest BCUT2D eigenvalue weighted by atomic mass is 10.3. The molecule has 3 aromatic rings. The Balaban J connectivity index is 1.47. The highest BCUT2D eigenvalue weighted by atomic mass is 32.1. The van der Waals surface area contributed by atoms with Gasteiger partial charge in [-0.2, -0.15) is 17.9 Å². The molecule has 26 heavy (non-hydrogen) atoms. The van der Waals surface area contributed by atoms with E-state index < -0.39 is 11.1 Å². The van der Waals surface area contributed by atoms with Gasteiger partial charge in [0, 0.05) is 26.2 Å². The van der Waals surface area contributed by atoms with Crippen molar-refractivity contribution in [1.29, 1.82) is 0 Å². The topological polar surface area (TPSA) is 63.0 Å². The lowest BCUT2D eigenvalue weighted by Crippen LogP contribution is -2.47. The Bertz CT molecular complexity index is 869. The van der Waals surface area contributed by atoms with Gasteiger partial charge >= 0.3 is 6.18 Å². The monoisotopic (exact) mass is 381 g/mol. The molecule has 1 aliphatic rings. The van der Waals surface area contributed by atoms with Crippen molar-refractivity contribution < 1.29 is 13.2 Å². The maximum absolute atomic E-state index is 12.7. The van der Waals surface area contributed by atoms with Crippen LogP contribution in [0.25, 0.3) is 5.69 Å². The molecule has 1 saturated heterocycles. The third-order valence-corrected chi connectivity index (χ3v) is 5.16. The number of anilines is 2. The Labute approximate surface area is 150 Å². The van der Waals surface area contributed by atoms with E-state index in [1.165, 1.54) is 0 Å². The summed E-state index contributed by atoms with van der Waals surface area (Å²) in [7, 11) is 0. The van der Waals surface area contributed by atoms with E-state index in [4.69, 9.17) is 0 Å². The Morgan fingerprint density at radius 1 is 0.962 bits per heavy atom. The van der Waals surface area contributed by atoms with E-state index in [1.54, 1.807) is 4.68 Å². The molecule has 0 radical (unpaired) electrons. The minimum atomic E-state index is -4.35. The lowest BCUT2D eigenvalue weighted by molar-refractivity contribution is -0.134. The van der Waals surface area contributed by atoms with Crippen molar-refractivity contribution in [3.63, 3.8) is 0 Å². The molecular formula is C15H14F3N7S. The van der Waals surface area contributed by atoms with Gasteiger partial charge in [-0.15, -0.1) is 0 Å². The first-order chi connectivity index (χ1) is 12.5. The first kappa shape index (κ1) is 16.8. The predicted molar refractivity (Wildman–Crippen MR) is 90.7 cm³/mol. The number of nitrogens with zero attached hydrogens (tertiary/aromatic N) is 7. The molecule has 0 spiro atoms. The molecule has 0 unspecified atom stereocenters. The van der Waals surface area contributed by atoms with E-state index in [0.717, 1.165) is 11.9 Å². The molecule has 0 saturated carbocycles. The number of thiazole rings is 1. The molecule has 0 N–H and O–H groups in total. The average Bonchev–Trinajstić information content (AvgIpc) is 3.32. The predicted octanol–water partition coefficient (Wildman–Crippen LogP) is 2.46. The number of para-hydroxylation sites is 1. The average molecular weight is 381 g/mol. The molecule has 0 amide bonds. The molecule has 1 fully saturated rings. The molecule has 1 aromatic carbocycles. The van der Waals surface area contributed by atoms with Crippen molar-refractivity contribution in [2.45, 2.75) is 6.18 Å². The van der Waals surface area contributed by atoms with Crippen molar-refractivity contribution in [1.82, 2.24) is 25.2 Å². The molecule has 0 atom stereocenters. The van der Waals surface area contributed by atoms with Crippen molar-refractivity contribution >= 4 is 22.4 Å². The second-order valence-corrected chi connectivity index (χ2v) is 6.71. The highest BCUT2D eigenvalue weighted by molar-refractivity contribution is 7.15. The van der Waals surface area contributed by atoms with Crippen LogP contribution in [0.15, 0.2) is 36.5 Å². The number of piperazine rings is 1. The minimum absolute atomic E-state index is 0.389. The molecule has 7 nitrogen and oxygen atoms in total. The van der Waals surface area contributed by atoms with Crippen LogP contribution in [0.5, 0.6) is 0 Å². The van der Waals surface area contributed by atoms with Crippen LogP contribution >= 0.6 is 11.3 Å². The smallest absolute Gasteiger partial charge is 0.345 e. The van der Waals surface area contributed by atoms with Gasteiger partial charge in [0.15, 0.2) is 5.13 Å². The SMILES string of the molecule is FC(F)(F)c1cnc(N2CCN(c3nnnn3-c3ccccc3)CC2)s1. The standard InChI is InChI=1S/C15H14F3N7S/c16-15(17,18)12-10-19-14(26-12)24-8-6-23(7-9-24)13-20-21-22-25(13)11-4-2-1-3-5-11/h1-5,10H,6-9H2. The molecule has 0 aliphatic carbocycles. The summed E-state index contributed by atoms with van der Waals surface area (Å²) in [6, 6.07) is 9.53. The molecule has 0 bridgehead atoms. The van der Waals surface area contributed by atoms with Crippen LogP contribution in [-0.2, 0) is 6.18 Å².